The molecule has 3 N–H and O–H groups in total. The lowest BCUT2D eigenvalue weighted by Gasteiger charge is -2.33. The van der Waals surface area contributed by atoms with Crippen molar-refractivity contribution in [1.82, 2.24) is 0 Å². The maximum atomic E-state index is 12.8. The molecule has 1 aromatic carbocycles. The summed E-state index contributed by atoms with van der Waals surface area (Å²) in [5, 5.41) is 12.0. The van der Waals surface area contributed by atoms with E-state index in [-0.39, 0.29) is 11.7 Å². The Morgan fingerprint density at radius 3 is 2.52 bits per heavy atom. The molecule has 0 aliphatic carbocycles. The van der Waals surface area contributed by atoms with Gasteiger partial charge in [-0.25, -0.2) is 0 Å². The molecule has 0 unspecified atom stereocenters. The summed E-state index contributed by atoms with van der Waals surface area (Å²) >= 11 is 0. The van der Waals surface area contributed by atoms with Gasteiger partial charge in [0.1, 0.15) is 11.2 Å². The predicted molar refractivity (Wildman–Crippen MR) is 82.8 cm³/mol. The molecule has 0 saturated carbocycles. The molecule has 1 amide bonds. The van der Waals surface area contributed by atoms with Crippen LogP contribution in [0.4, 0.5) is 5.69 Å². The minimum atomic E-state index is -1.01. The van der Waals surface area contributed by atoms with Crippen LogP contribution < -0.4 is 15.4 Å². The lowest BCUT2D eigenvalue weighted by Crippen LogP contribution is -2.50. The Morgan fingerprint density at radius 2 is 2.05 bits per heavy atom. The third kappa shape index (κ3) is 3.09. The second kappa shape index (κ2) is 6.97. The number of ether oxygens (including phenoxy) is 1. The number of anilines is 1. The molecule has 116 valence electrons. The second-order valence-electron chi connectivity index (χ2n) is 4.84. The largest absolute Gasteiger partial charge is 0.497 e. The predicted octanol–water partition coefficient (Wildman–Crippen LogP) is 2.21. The van der Waals surface area contributed by atoms with E-state index in [1.54, 1.807) is 32.4 Å². The number of oxime groups is 1. The number of rotatable bonds is 6. The molecule has 0 heterocycles. The van der Waals surface area contributed by atoms with Crippen molar-refractivity contribution >= 4 is 17.4 Å². The van der Waals surface area contributed by atoms with Crippen LogP contribution in [0.1, 0.15) is 26.7 Å². The van der Waals surface area contributed by atoms with Crippen LogP contribution in [-0.4, -0.2) is 31.1 Å². The average molecular weight is 293 g/mol. The quantitative estimate of drug-likeness (QED) is 0.364. The Bertz CT molecular complexity index is 525. The minimum Gasteiger partial charge on any atom is -0.497 e. The van der Waals surface area contributed by atoms with Crippen molar-refractivity contribution in [2.24, 2.45) is 16.3 Å². The van der Waals surface area contributed by atoms with E-state index in [4.69, 9.17) is 15.7 Å². The lowest BCUT2D eigenvalue weighted by molar-refractivity contribution is -0.125. The molecule has 0 radical (unpaired) electrons. The zero-order chi connectivity index (χ0) is 16.0. The Kier molecular flexibility index (Phi) is 5.58. The SMILES string of the molecule is CCC(CC)(C(=O)N(C)c1cccc(OC)c1)C(N)=NO. The van der Waals surface area contributed by atoms with Gasteiger partial charge < -0.3 is 20.6 Å². The van der Waals surface area contributed by atoms with Crippen LogP contribution in [0.15, 0.2) is 29.4 Å². The number of carbonyl (C=O) groups is 1. The number of nitrogens with two attached hydrogens (primary N) is 1. The molecule has 1 rings (SSSR count). The maximum Gasteiger partial charge on any atom is 0.240 e. The van der Waals surface area contributed by atoms with Crippen LogP contribution in [0, 0.1) is 5.41 Å². The van der Waals surface area contributed by atoms with E-state index in [0.29, 0.717) is 24.3 Å². The van der Waals surface area contributed by atoms with Crippen LogP contribution in [-0.2, 0) is 4.79 Å². The van der Waals surface area contributed by atoms with Crippen molar-refractivity contribution in [3.8, 4) is 5.75 Å². The molecule has 0 saturated heterocycles. The topological polar surface area (TPSA) is 88.2 Å². The van der Waals surface area contributed by atoms with Crippen molar-refractivity contribution in [2.75, 3.05) is 19.1 Å². The van der Waals surface area contributed by atoms with Gasteiger partial charge in [0.15, 0.2) is 5.84 Å². The Balaban J connectivity index is 3.20. The van der Waals surface area contributed by atoms with Gasteiger partial charge in [-0.1, -0.05) is 25.1 Å². The van der Waals surface area contributed by atoms with Crippen LogP contribution >= 0.6 is 0 Å². The number of methoxy groups -OCH3 is 1. The molecule has 0 aliphatic heterocycles. The van der Waals surface area contributed by atoms with Gasteiger partial charge >= 0.3 is 0 Å². The number of hydrogen-bond acceptors (Lipinski definition) is 4. The Labute approximate surface area is 125 Å². The van der Waals surface area contributed by atoms with Gasteiger partial charge in [-0.2, -0.15) is 0 Å². The van der Waals surface area contributed by atoms with Gasteiger partial charge in [0.2, 0.25) is 5.91 Å². The normalized spacial score (nSPS) is 12.1. The third-order valence-electron chi connectivity index (χ3n) is 3.96. The van der Waals surface area contributed by atoms with Gasteiger partial charge in [0, 0.05) is 18.8 Å². The van der Waals surface area contributed by atoms with Gasteiger partial charge in [-0.3, -0.25) is 4.79 Å². The van der Waals surface area contributed by atoms with Crippen LogP contribution in [0.5, 0.6) is 5.75 Å². The van der Waals surface area contributed by atoms with Crippen molar-refractivity contribution in [3.05, 3.63) is 24.3 Å². The molecule has 21 heavy (non-hydrogen) atoms. The van der Waals surface area contributed by atoms with E-state index in [9.17, 15) is 4.79 Å². The lowest BCUT2D eigenvalue weighted by atomic mass is 9.79. The third-order valence-corrected chi connectivity index (χ3v) is 3.96. The van der Waals surface area contributed by atoms with E-state index in [2.05, 4.69) is 5.16 Å². The fourth-order valence-corrected chi connectivity index (χ4v) is 2.38. The van der Waals surface area contributed by atoms with Gasteiger partial charge in [0.05, 0.1) is 7.11 Å². The van der Waals surface area contributed by atoms with Gasteiger partial charge in [-0.15, -0.1) is 0 Å². The Hall–Kier alpha value is -2.24. The van der Waals surface area contributed by atoms with Crippen LogP contribution in [0.2, 0.25) is 0 Å². The number of amides is 1. The van der Waals surface area contributed by atoms with Crippen molar-refractivity contribution < 1.29 is 14.7 Å². The number of benzene rings is 1. The highest BCUT2D eigenvalue weighted by Gasteiger charge is 2.42. The van der Waals surface area contributed by atoms with Crippen molar-refractivity contribution in [3.63, 3.8) is 0 Å². The molecule has 1 aromatic rings. The average Bonchev–Trinajstić information content (AvgIpc) is 2.55. The molecule has 6 nitrogen and oxygen atoms in total. The second-order valence-corrected chi connectivity index (χ2v) is 4.84. The summed E-state index contributed by atoms with van der Waals surface area (Å²) in [6.07, 6.45) is 0.902. The van der Waals surface area contributed by atoms with E-state index >= 15 is 0 Å². The summed E-state index contributed by atoms with van der Waals surface area (Å²) in [5.74, 6) is 0.387. The van der Waals surface area contributed by atoms with Crippen molar-refractivity contribution in [1.29, 1.82) is 0 Å². The molecular weight excluding hydrogens is 270 g/mol. The first-order valence-electron chi connectivity index (χ1n) is 6.87. The summed E-state index contributed by atoms with van der Waals surface area (Å²) in [4.78, 5) is 14.3. The summed E-state index contributed by atoms with van der Waals surface area (Å²) in [7, 11) is 3.24. The summed E-state index contributed by atoms with van der Waals surface area (Å²) in [6.45, 7) is 3.69. The maximum absolute atomic E-state index is 12.8. The summed E-state index contributed by atoms with van der Waals surface area (Å²) in [6, 6.07) is 7.18. The number of nitrogens with zero attached hydrogens (tertiary/aromatic N) is 2. The number of hydrogen-bond donors (Lipinski definition) is 2. The molecule has 0 bridgehead atoms. The van der Waals surface area contributed by atoms with E-state index in [0.717, 1.165) is 0 Å². The number of amidine groups is 1. The molecule has 0 atom stereocenters. The first kappa shape index (κ1) is 16.8. The standard InChI is InChI=1S/C15H23N3O3/c1-5-15(6-2,13(16)17-20)14(19)18(3)11-8-7-9-12(10-11)21-4/h7-10,20H,5-6H2,1-4H3,(H2,16,17). The van der Waals surface area contributed by atoms with E-state index in [1.165, 1.54) is 4.90 Å². The molecule has 0 aromatic heterocycles. The first-order valence-corrected chi connectivity index (χ1v) is 6.87. The molecule has 0 spiro atoms. The molecule has 6 heteroatoms. The highest BCUT2D eigenvalue weighted by Crippen LogP contribution is 2.32. The highest BCUT2D eigenvalue weighted by molar-refractivity contribution is 6.12. The highest BCUT2D eigenvalue weighted by atomic mass is 16.5. The molecule has 0 aliphatic rings. The molecule has 0 fully saturated rings. The summed E-state index contributed by atoms with van der Waals surface area (Å²) in [5.41, 5.74) is 5.46. The zero-order valence-corrected chi connectivity index (χ0v) is 13.0. The first-order chi connectivity index (χ1) is 9.96. The van der Waals surface area contributed by atoms with E-state index in [1.807, 2.05) is 19.9 Å². The van der Waals surface area contributed by atoms with Crippen LogP contribution in [0.3, 0.4) is 0 Å². The molecular formula is C15H23N3O3. The monoisotopic (exact) mass is 293 g/mol. The minimum absolute atomic E-state index is 0.0627. The fourth-order valence-electron chi connectivity index (χ4n) is 2.38. The zero-order valence-electron chi connectivity index (χ0n) is 13.0. The van der Waals surface area contributed by atoms with Gasteiger partial charge in [-0.05, 0) is 25.0 Å². The number of carbonyl (C=O) groups excluding carboxylic acids is 1. The summed E-state index contributed by atoms with van der Waals surface area (Å²) < 4.78 is 5.17. The Morgan fingerprint density at radius 1 is 1.43 bits per heavy atom. The fraction of sp³-hybridized carbons (Fsp3) is 0.467. The van der Waals surface area contributed by atoms with Gasteiger partial charge in [0.25, 0.3) is 0 Å². The van der Waals surface area contributed by atoms with Crippen molar-refractivity contribution in [2.45, 2.75) is 26.7 Å². The van der Waals surface area contributed by atoms with Crippen LogP contribution in [0.25, 0.3) is 0 Å². The van der Waals surface area contributed by atoms with E-state index < -0.39 is 5.41 Å². The smallest absolute Gasteiger partial charge is 0.240 e.